The predicted molar refractivity (Wildman–Crippen MR) is 66.5 cm³/mol. The third-order valence-electron chi connectivity index (χ3n) is 1.97. The normalized spacial score (nSPS) is 14.6. The van der Waals surface area contributed by atoms with E-state index in [1.807, 2.05) is 0 Å². The fourth-order valence-electron chi connectivity index (χ4n) is 0.922. The third-order valence-corrected chi connectivity index (χ3v) is 2.08. The van der Waals surface area contributed by atoms with Crippen molar-refractivity contribution in [3.63, 3.8) is 0 Å². The monoisotopic (exact) mass is 225 g/mol. The van der Waals surface area contributed by atoms with Crippen LogP contribution in [-0.4, -0.2) is 5.11 Å². The lowest BCUT2D eigenvalue weighted by atomic mass is 10.1. The molecule has 0 aliphatic rings. The number of nitrogens with two attached hydrogens (primary N) is 1. The van der Waals surface area contributed by atoms with Gasteiger partial charge in [-0.25, -0.2) is 0 Å². The Morgan fingerprint density at radius 3 is 2.27 bits per heavy atom. The first-order valence-electron chi connectivity index (χ1n) is 4.41. The summed E-state index contributed by atoms with van der Waals surface area (Å²) in [7, 11) is 0. The Morgan fingerprint density at radius 1 is 1.33 bits per heavy atom. The van der Waals surface area contributed by atoms with E-state index in [9.17, 15) is 5.11 Å². The molecule has 3 N–H and O–H groups in total. The molecule has 0 amide bonds. The maximum atomic E-state index is 9.56. The molecular formula is C12H16ClNO. The van der Waals surface area contributed by atoms with Crippen LogP contribution in [0.2, 0.25) is 0 Å². The van der Waals surface area contributed by atoms with Crippen LogP contribution in [0.1, 0.15) is 13.8 Å². The van der Waals surface area contributed by atoms with E-state index in [2.05, 4.69) is 13.2 Å². The molecule has 0 aliphatic heterocycles. The Bertz CT molecular complexity index is 362. The lowest BCUT2D eigenvalue weighted by molar-refractivity contribution is 0.422. The fraction of sp³-hybridized carbons (Fsp3) is 0.167. The van der Waals surface area contributed by atoms with Gasteiger partial charge in [-0.3, -0.25) is 0 Å². The second-order valence-electron chi connectivity index (χ2n) is 3.08. The van der Waals surface area contributed by atoms with Crippen molar-refractivity contribution in [1.82, 2.24) is 0 Å². The van der Waals surface area contributed by atoms with Gasteiger partial charge in [0.15, 0.2) is 0 Å². The first-order chi connectivity index (χ1) is 6.90. The molecule has 0 saturated carbocycles. The van der Waals surface area contributed by atoms with Crippen LogP contribution < -0.4 is 5.73 Å². The van der Waals surface area contributed by atoms with Gasteiger partial charge in [-0.05, 0) is 37.1 Å². The van der Waals surface area contributed by atoms with Gasteiger partial charge in [0.1, 0.15) is 5.76 Å². The SMILES string of the molecule is C=C\C=C(O)/C(C)=C(C)/C(N)=C\C(=C)Cl. The van der Waals surface area contributed by atoms with Gasteiger partial charge >= 0.3 is 0 Å². The highest BCUT2D eigenvalue weighted by molar-refractivity contribution is 6.30. The highest BCUT2D eigenvalue weighted by Gasteiger charge is 2.03. The van der Waals surface area contributed by atoms with Crippen molar-refractivity contribution in [2.75, 3.05) is 0 Å². The van der Waals surface area contributed by atoms with Crippen LogP contribution in [-0.2, 0) is 0 Å². The molecular weight excluding hydrogens is 210 g/mol. The molecule has 0 fully saturated rings. The summed E-state index contributed by atoms with van der Waals surface area (Å²) in [4.78, 5) is 0. The van der Waals surface area contributed by atoms with E-state index in [0.717, 1.165) is 5.57 Å². The molecule has 0 aliphatic carbocycles. The summed E-state index contributed by atoms with van der Waals surface area (Å²) < 4.78 is 0. The number of hydrogen-bond acceptors (Lipinski definition) is 2. The zero-order valence-electron chi connectivity index (χ0n) is 9.05. The summed E-state index contributed by atoms with van der Waals surface area (Å²) in [5, 5.41) is 9.92. The van der Waals surface area contributed by atoms with Crippen LogP contribution >= 0.6 is 11.6 Å². The quantitative estimate of drug-likeness (QED) is 0.568. The van der Waals surface area contributed by atoms with E-state index >= 15 is 0 Å². The summed E-state index contributed by atoms with van der Waals surface area (Å²) in [6, 6.07) is 0. The lowest BCUT2D eigenvalue weighted by Crippen LogP contribution is -2.02. The van der Waals surface area contributed by atoms with Crippen molar-refractivity contribution in [2.24, 2.45) is 5.73 Å². The molecule has 15 heavy (non-hydrogen) atoms. The third kappa shape index (κ3) is 4.56. The molecule has 0 bridgehead atoms. The highest BCUT2D eigenvalue weighted by atomic mass is 35.5. The smallest absolute Gasteiger partial charge is 0.118 e. The first kappa shape index (κ1) is 13.6. The van der Waals surface area contributed by atoms with E-state index in [-0.39, 0.29) is 5.76 Å². The largest absolute Gasteiger partial charge is 0.508 e. The number of rotatable bonds is 4. The van der Waals surface area contributed by atoms with E-state index in [0.29, 0.717) is 16.3 Å². The molecule has 0 heterocycles. The van der Waals surface area contributed by atoms with Crippen molar-refractivity contribution < 1.29 is 5.11 Å². The Labute approximate surface area is 95.7 Å². The Hall–Kier alpha value is -1.41. The maximum Gasteiger partial charge on any atom is 0.118 e. The number of aliphatic hydroxyl groups excluding tert-OH is 1. The molecule has 3 heteroatoms. The minimum atomic E-state index is 0.138. The molecule has 0 unspecified atom stereocenters. The summed E-state index contributed by atoms with van der Waals surface area (Å²) in [5.41, 5.74) is 7.67. The lowest BCUT2D eigenvalue weighted by Gasteiger charge is -2.07. The molecule has 0 atom stereocenters. The summed E-state index contributed by atoms with van der Waals surface area (Å²) >= 11 is 5.60. The van der Waals surface area contributed by atoms with Crippen molar-refractivity contribution in [1.29, 1.82) is 0 Å². The molecule has 2 nitrogen and oxygen atoms in total. The molecule has 82 valence electrons. The van der Waals surface area contributed by atoms with Crippen molar-refractivity contribution in [3.8, 4) is 0 Å². The van der Waals surface area contributed by atoms with Crippen molar-refractivity contribution in [3.05, 3.63) is 59.0 Å². The molecule has 0 aromatic heterocycles. The molecule has 0 rings (SSSR count). The molecule has 0 saturated heterocycles. The number of halogens is 1. The van der Waals surface area contributed by atoms with Gasteiger partial charge < -0.3 is 10.8 Å². The summed E-state index contributed by atoms with van der Waals surface area (Å²) in [6.07, 6.45) is 4.55. The molecule has 0 spiro atoms. The number of aliphatic hydroxyl groups is 1. The van der Waals surface area contributed by atoms with E-state index in [4.69, 9.17) is 17.3 Å². The van der Waals surface area contributed by atoms with Gasteiger partial charge in [0.05, 0.1) is 0 Å². The standard InChI is InChI=1S/C12H16ClNO/c1-5-6-12(15)10(4)9(3)11(14)7-8(2)13/h5-7,15H,1-2,14H2,3-4H3/b10-9+,11-7+,12-6+. The van der Waals surface area contributed by atoms with E-state index in [1.54, 1.807) is 19.9 Å². The van der Waals surface area contributed by atoms with Crippen LogP contribution in [0.3, 0.4) is 0 Å². The molecule has 0 aromatic rings. The van der Waals surface area contributed by atoms with Crippen LogP contribution in [0.5, 0.6) is 0 Å². The van der Waals surface area contributed by atoms with Crippen LogP contribution in [0, 0.1) is 0 Å². The van der Waals surface area contributed by atoms with Crippen LogP contribution in [0.4, 0.5) is 0 Å². The maximum absolute atomic E-state index is 9.56. The number of hydrogen-bond donors (Lipinski definition) is 2. The van der Waals surface area contributed by atoms with Gasteiger partial charge in [0.2, 0.25) is 0 Å². The number of allylic oxidation sites excluding steroid dienone is 6. The van der Waals surface area contributed by atoms with E-state index < -0.39 is 0 Å². The second kappa shape index (κ2) is 6.14. The van der Waals surface area contributed by atoms with Gasteiger partial charge in [-0.15, -0.1) is 0 Å². The minimum absolute atomic E-state index is 0.138. The first-order valence-corrected chi connectivity index (χ1v) is 4.79. The van der Waals surface area contributed by atoms with Gasteiger partial charge in [-0.1, -0.05) is 30.8 Å². The second-order valence-corrected chi connectivity index (χ2v) is 3.57. The predicted octanol–water partition coefficient (Wildman–Crippen LogP) is 3.55. The summed E-state index contributed by atoms with van der Waals surface area (Å²) in [6.45, 7) is 10.6. The van der Waals surface area contributed by atoms with Gasteiger partial charge in [-0.2, -0.15) is 0 Å². The van der Waals surface area contributed by atoms with Crippen molar-refractivity contribution >= 4 is 11.6 Å². The van der Waals surface area contributed by atoms with Crippen LogP contribution in [0.25, 0.3) is 0 Å². The van der Waals surface area contributed by atoms with E-state index in [1.165, 1.54) is 12.2 Å². The molecule has 0 aromatic carbocycles. The van der Waals surface area contributed by atoms with Crippen LogP contribution in [0.15, 0.2) is 59.0 Å². The Balaban J connectivity index is 5.19. The minimum Gasteiger partial charge on any atom is -0.508 e. The average Bonchev–Trinajstić information content (AvgIpc) is 2.14. The Kier molecular flexibility index (Phi) is 5.57. The average molecular weight is 226 g/mol. The fourth-order valence-corrected chi connectivity index (χ4v) is 1.04. The molecule has 0 radical (unpaired) electrons. The zero-order valence-corrected chi connectivity index (χ0v) is 9.80. The zero-order chi connectivity index (χ0) is 12.0. The Morgan fingerprint density at radius 2 is 1.87 bits per heavy atom. The summed E-state index contributed by atoms with van der Waals surface area (Å²) in [5.74, 6) is 0.138. The van der Waals surface area contributed by atoms with Gasteiger partial charge in [0.25, 0.3) is 0 Å². The highest BCUT2D eigenvalue weighted by Crippen LogP contribution is 2.17. The topological polar surface area (TPSA) is 46.2 Å². The van der Waals surface area contributed by atoms with Gasteiger partial charge in [0, 0.05) is 10.7 Å². The van der Waals surface area contributed by atoms with Crippen molar-refractivity contribution in [2.45, 2.75) is 13.8 Å².